The highest BCUT2D eigenvalue weighted by molar-refractivity contribution is 5.94. The van der Waals surface area contributed by atoms with Crippen molar-refractivity contribution in [2.45, 2.75) is 0 Å². The molecule has 1 aliphatic heterocycles. The summed E-state index contributed by atoms with van der Waals surface area (Å²) < 4.78 is 18.5. The van der Waals surface area contributed by atoms with Crippen LogP contribution >= 0.6 is 0 Å². The maximum absolute atomic E-state index is 5.55. The number of anilines is 5. The fraction of sp³-hybridized carbons (Fsp3) is 0.250. The van der Waals surface area contributed by atoms with Gasteiger partial charge in [-0.1, -0.05) is 12.1 Å². The van der Waals surface area contributed by atoms with Crippen LogP contribution in [0.15, 0.2) is 60.7 Å². The van der Waals surface area contributed by atoms with Crippen LogP contribution in [0.5, 0.6) is 11.5 Å². The average Bonchev–Trinajstić information content (AvgIpc) is 3.28. The maximum atomic E-state index is 5.55. The van der Waals surface area contributed by atoms with Crippen LogP contribution in [0.4, 0.5) is 29.1 Å². The van der Waals surface area contributed by atoms with Crippen LogP contribution in [0.25, 0.3) is 21.9 Å². The van der Waals surface area contributed by atoms with Gasteiger partial charge in [0.2, 0.25) is 11.9 Å². The number of aryl methyl sites for hydroxylation is 1. The lowest BCUT2D eigenvalue weighted by Gasteiger charge is -2.29. The first-order valence-corrected chi connectivity index (χ1v) is 12.4. The highest BCUT2D eigenvalue weighted by Crippen LogP contribution is 2.36. The molecule has 38 heavy (non-hydrogen) atoms. The molecule has 1 fully saturated rings. The van der Waals surface area contributed by atoms with E-state index in [9.17, 15) is 0 Å². The Morgan fingerprint density at radius 3 is 2.29 bits per heavy atom. The molecule has 2 N–H and O–H groups in total. The van der Waals surface area contributed by atoms with E-state index >= 15 is 0 Å². The highest BCUT2D eigenvalue weighted by Gasteiger charge is 2.16. The number of benzene rings is 3. The Morgan fingerprint density at radius 1 is 0.816 bits per heavy atom. The highest BCUT2D eigenvalue weighted by atomic mass is 16.5. The van der Waals surface area contributed by atoms with Gasteiger partial charge in [-0.3, -0.25) is 5.32 Å². The number of nitrogens with one attached hydrogen (secondary N) is 2. The van der Waals surface area contributed by atoms with E-state index in [1.54, 1.807) is 14.2 Å². The summed E-state index contributed by atoms with van der Waals surface area (Å²) in [5.74, 6) is 2.89. The zero-order valence-corrected chi connectivity index (χ0v) is 21.6. The van der Waals surface area contributed by atoms with Crippen LogP contribution in [0, 0.1) is 0 Å². The molecule has 10 heteroatoms. The van der Waals surface area contributed by atoms with Gasteiger partial charge < -0.3 is 29.0 Å². The number of methoxy groups -OCH3 is 2. The van der Waals surface area contributed by atoms with Crippen molar-refractivity contribution in [1.29, 1.82) is 0 Å². The van der Waals surface area contributed by atoms with E-state index in [0.717, 1.165) is 48.4 Å². The molecule has 0 unspecified atom stereocenters. The molecule has 2 aromatic heterocycles. The Kier molecular flexibility index (Phi) is 6.30. The van der Waals surface area contributed by atoms with Crippen LogP contribution < -0.4 is 25.0 Å². The minimum atomic E-state index is 0.413. The molecule has 1 saturated heterocycles. The predicted octanol–water partition coefficient (Wildman–Crippen LogP) is 4.86. The van der Waals surface area contributed by atoms with E-state index in [0.29, 0.717) is 34.7 Å². The Hall–Kier alpha value is -4.57. The van der Waals surface area contributed by atoms with Gasteiger partial charge in [0.15, 0.2) is 11.5 Å². The summed E-state index contributed by atoms with van der Waals surface area (Å²) >= 11 is 0. The van der Waals surface area contributed by atoms with E-state index < -0.39 is 0 Å². The van der Waals surface area contributed by atoms with Gasteiger partial charge >= 0.3 is 0 Å². The Bertz CT molecular complexity index is 1590. The molecule has 10 nitrogen and oxygen atoms in total. The van der Waals surface area contributed by atoms with Crippen molar-refractivity contribution < 1.29 is 14.2 Å². The SMILES string of the molecule is COc1cc2nc(Nc3nc4ccccc4n3C)nc(Nc3ccc(N4CCOCC4)cc3)c2cc1OC. The number of ether oxygens (including phenoxy) is 3. The molecule has 0 saturated carbocycles. The molecule has 5 aromatic rings. The lowest BCUT2D eigenvalue weighted by atomic mass is 10.2. The minimum Gasteiger partial charge on any atom is -0.493 e. The molecule has 0 atom stereocenters. The lowest BCUT2D eigenvalue weighted by molar-refractivity contribution is 0.122. The number of imidazole rings is 1. The summed E-state index contributed by atoms with van der Waals surface area (Å²) in [4.78, 5) is 16.6. The number of rotatable bonds is 7. The van der Waals surface area contributed by atoms with Crippen molar-refractivity contribution in [3.05, 3.63) is 60.7 Å². The molecular formula is C28H29N7O3. The quantitative estimate of drug-likeness (QED) is 0.317. The van der Waals surface area contributed by atoms with Crippen LogP contribution in [-0.4, -0.2) is 60.0 Å². The van der Waals surface area contributed by atoms with Crippen LogP contribution in [-0.2, 0) is 11.8 Å². The van der Waals surface area contributed by atoms with E-state index in [-0.39, 0.29) is 0 Å². The third-order valence-corrected chi connectivity index (χ3v) is 6.72. The van der Waals surface area contributed by atoms with Crippen LogP contribution in [0.2, 0.25) is 0 Å². The zero-order valence-electron chi connectivity index (χ0n) is 21.6. The molecule has 0 bridgehead atoms. The van der Waals surface area contributed by atoms with Crippen molar-refractivity contribution in [1.82, 2.24) is 19.5 Å². The third-order valence-electron chi connectivity index (χ3n) is 6.72. The number of morpholine rings is 1. The second kappa shape index (κ2) is 10.1. The average molecular weight is 512 g/mol. The Labute approximate surface area is 220 Å². The molecule has 3 aromatic carbocycles. The fourth-order valence-corrected chi connectivity index (χ4v) is 4.68. The normalized spacial score (nSPS) is 13.6. The largest absolute Gasteiger partial charge is 0.493 e. The summed E-state index contributed by atoms with van der Waals surface area (Å²) in [6, 6.07) is 20.0. The third kappa shape index (κ3) is 4.50. The van der Waals surface area contributed by atoms with Crippen molar-refractivity contribution in [3.8, 4) is 11.5 Å². The molecule has 0 spiro atoms. The van der Waals surface area contributed by atoms with Gasteiger partial charge in [-0.2, -0.15) is 4.98 Å². The lowest BCUT2D eigenvalue weighted by Crippen LogP contribution is -2.36. The Balaban J connectivity index is 1.38. The van der Waals surface area contributed by atoms with Gasteiger partial charge in [-0.05, 0) is 42.5 Å². The molecule has 3 heterocycles. The molecular weight excluding hydrogens is 482 g/mol. The number of hydrogen-bond acceptors (Lipinski definition) is 9. The van der Waals surface area contributed by atoms with E-state index in [2.05, 4.69) is 39.8 Å². The summed E-state index contributed by atoms with van der Waals surface area (Å²) in [5, 5.41) is 7.57. The predicted molar refractivity (Wildman–Crippen MR) is 149 cm³/mol. The second-order valence-corrected chi connectivity index (χ2v) is 9.00. The molecule has 0 aliphatic carbocycles. The van der Waals surface area contributed by atoms with Gasteiger partial charge in [0, 0.05) is 43.0 Å². The van der Waals surface area contributed by atoms with Crippen LogP contribution in [0.1, 0.15) is 0 Å². The molecule has 0 amide bonds. The monoisotopic (exact) mass is 511 g/mol. The molecule has 194 valence electrons. The number of hydrogen-bond donors (Lipinski definition) is 2. The van der Waals surface area contributed by atoms with Gasteiger partial charge in [-0.25, -0.2) is 9.97 Å². The zero-order chi connectivity index (χ0) is 26.1. The van der Waals surface area contributed by atoms with E-state index in [1.165, 1.54) is 5.69 Å². The molecule has 1 aliphatic rings. The fourth-order valence-electron chi connectivity index (χ4n) is 4.68. The van der Waals surface area contributed by atoms with Crippen molar-refractivity contribution in [3.63, 3.8) is 0 Å². The van der Waals surface area contributed by atoms with E-state index in [4.69, 9.17) is 29.2 Å². The number of nitrogens with zero attached hydrogens (tertiary/aromatic N) is 5. The van der Waals surface area contributed by atoms with E-state index in [1.807, 2.05) is 48.0 Å². The summed E-state index contributed by atoms with van der Waals surface area (Å²) in [7, 11) is 5.18. The first-order chi connectivity index (χ1) is 18.6. The van der Waals surface area contributed by atoms with Crippen molar-refractivity contribution in [2.75, 3.05) is 56.1 Å². The maximum Gasteiger partial charge on any atom is 0.232 e. The first-order valence-electron chi connectivity index (χ1n) is 12.4. The Morgan fingerprint density at radius 2 is 1.55 bits per heavy atom. The summed E-state index contributed by atoms with van der Waals surface area (Å²) in [5.41, 5.74) is 4.68. The molecule has 6 rings (SSSR count). The topological polar surface area (TPSA) is 98.6 Å². The minimum absolute atomic E-state index is 0.413. The van der Waals surface area contributed by atoms with Crippen molar-refractivity contribution >= 4 is 51.0 Å². The first kappa shape index (κ1) is 23.8. The number of para-hydroxylation sites is 2. The summed E-state index contributed by atoms with van der Waals surface area (Å²) in [6.07, 6.45) is 0. The standard InChI is InChI=1S/C28H29N7O3/c1-34-23-7-5-4-6-21(23)31-28(34)33-27-30-22-17-25(37-3)24(36-2)16-20(22)26(32-27)29-18-8-10-19(11-9-18)35-12-14-38-15-13-35/h4-11,16-17H,12-15H2,1-3H3,(H2,29,30,31,32,33). The molecule has 0 radical (unpaired) electrons. The van der Waals surface area contributed by atoms with Gasteiger partial charge in [0.05, 0.1) is 44.0 Å². The van der Waals surface area contributed by atoms with Crippen molar-refractivity contribution in [2.24, 2.45) is 7.05 Å². The van der Waals surface area contributed by atoms with Crippen LogP contribution in [0.3, 0.4) is 0 Å². The number of aromatic nitrogens is 4. The summed E-state index contributed by atoms with van der Waals surface area (Å²) in [6.45, 7) is 3.28. The van der Waals surface area contributed by atoms with Gasteiger partial charge in [0.25, 0.3) is 0 Å². The van der Waals surface area contributed by atoms with Gasteiger partial charge in [-0.15, -0.1) is 0 Å². The smallest absolute Gasteiger partial charge is 0.232 e. The van der Waals surface area contributed by atoms with Gasteiger partial charge in [0.1, 0.15) is 5.82 Å². The number of fused-ring (bicyclic) bond motifs is 2. The second-order valence-electron chi connectivity index (χ2n) is 9.00.